The first-order chi connectivity index (χ1) is 21.8. The number of rotatable bonds is 4. The molecule has 2 heteroatoms. The van der Waals surface area contributed by atoms with Gasteiger partial charge >= 0.3 is 0 Å². The average molecular weight is 562 g/mol. The molecule has 0 unspecified atom stereocenters. The molecule has 9 rings (SSSR count). The molecule has 2 nitrogen and oxygen atoms in total. The fourth-order valence-electron chi connectivity index (χ4n) is 6.80. The number of nitrogens with zero attached hydrogens (tertiary/aromatic N) is 1. The predicted octanol–water partition coefficient (Wildman–Crippen LogP) is 11.7. The molecule has 7 aromatic carbocycles. The molecule has 0 atom stereocenters. The van der Waals surface area contributed by atoms with Crippen molar-refractivity contribution < 1.29 is 4.42 Å². The Bertz CT molecular complexity index is 2500. The van der Waals surface area contributed by atoms with E-state index in [0.29, 0.717) is 0 Å². The van der Waals surface area contributed by atoms with Crippen molar-refractivity contribution in [1.82, 2.24) is 4.57 Å². The van der Waals surface area contributed by atoms with Crippen molar-refractivity contribution >= 4 is 43.7 Å². The molecule has 0 aliphatic heterocycles. The zero-order chi connectivity index (χ0) is 29.0. The lowest BCUT2D eigenvalue weighted by Gasteiger charge is -2.16. The van der Waals surface area contributed by atoms with Crippen LogP contribution in [0, 0.1) is 0 Å². The van der Waals surface area contributed by atoms with E-state index in [4.69, 9.17) is 4.42 Å². The normalized spacial score (nSPS) is 11.6. The summed E-state index contributed by atoms with van der Waals surface area (Å²) in [5.41, 5.74) is 12.6. The zero-order valence-corrected chi connectivity index (χ0v) is 23.9. The molecule has 0 aliphatic carbocycles. The van der Waals surface area contributed by atoms with Gasteiger partial charge in [0.15, 0.2) is 0 Å². The van der Waals surface area contributed by atoms with Crippen molar-refractivity contribution in [2.45, 2.75) is 0 Å². The second kappa shape index (κ2) is 9.86. The van der Waals surface area contributed by atoms with Crippen LogP contribution in [0.4, 0.5) is 0 Å². The van der Waals surface area contributed by atoms with Crippen LogP contribution in [-0.4, -0.2) is 4.57 Å². The summed E-state index contributed by atoms with van der Waals surface area (Å²) < 4.78 is 8.56. The van der Waals surface area contributed by atoms with Gasteiger partial charge < -0.3 is 8.98 Å². The van der Waals surface area contributed by atoms with E-state index in [9.17, 15) is 0 Å². The van der Waals surface area contributed by atoms with Crippen LogP contribution < -0.4 is 0 Å². The third kappa shape index (κ3) is 3.82. The second-order valence-electron chi connectivity index (χ2n) is 11.3. The quantitative estimate of drug-likeness (QED) is 0.209. The maximum atomic E-state index is 6.10. The van der Waals surface area contributed by atoms with E-state index in [2.05, 4.69) is 156 Å². The number of fused-ring (bicyclic) bond motifs is 6. The zero-order valence-electron chi connectivity index (χ0n) is 23.9. The summed E-state index contributed by atoms with van der Waals surface area (Å²) in [4.78, 5) is 0. The van der Waals surface area contributed by atoms with Gasteiger partial charge in [-0.3, -0.25) is 0 Å². The highest BCUT2D eigenvalue weighted by molar-refractivity contribution is 6.14. The first-order valence-corrected chi connectivity index (χ1v) is 15.0. The second-order valence-corrected chi connectivity index (χ2v) is 11.3. The third-order valence-electron chi connectivity index (χ3n) is 8.81. The Hall–Kier alpha value is -5.86. The van der Waals surface area contributed by atoms with Gasteiger partial charge in [0.05, 0.1) is 16.7 Å². The summed E-state index contributed by atoms with van der Waals surface area (Å²) in [6.45, 7) is 0. The molecule has 0 N–H and O–H groups in total. The molecule has 0 bridgehead atoms. The number of aromatic nitrogens is 1. The Kier molecular flexibility index (Phi) is 5.54. The van der Waals surface area contributed by atoms with E-state index < -0.39 is 0 Å². The third-order valence-corrected chi connectivity index (χ3v) is 8.81. The summed E-state index contributed by atoms with van der Waals surface area (Å²) in [6.07, 6.45) is 0. The SMILES string of the molecule is c1ccc(-c2cccc3c4ccccc4n(-c4ccccc4-c4cccc(-c5ccc6oc7ccccc7c6c5)c4)c23)cc1. The summed E-state index contributed by atoms with van der Waals surface area (Å²) in [5.74, 6) is 0. The van der Waals surface area contributed by atoms with Gasteiger partial charge in [0.1, 0.15) is 11.2 Å². The molecule has 206 valence electrons. The maximum Gasteiger partial charge on any atom is 0.135 e. The molecular formula is C42H27NO. The van der Waals surface area contributed by atoms with Crippen LogP contribution in [0.25, 0.3) is 82.8 Å². The standard InChI is InChI=1S/C42H27NO/c1-2-12-28(13-3-1)33-19-11-20-36-34-17-5-8-22-39(34)43(42(33)36)38-21-7-4-16-32(38)31-15-10-14-29(26-31)30-24-25-41-37(27-30)35-18-6-9-23-40(35)44-41/h1-27H. The minimum absolute atomic E-state index is 0.914. The topological polar surface area (TPSA) is 18.1 Å². The monoisotopic (exact) mass is 561 g/mol. The fourth-order valence-corrected chi connectivity index (χ4v) is 6.80. The lowest BCUT2D eigenvalue weighted by molar-refractivity contribution is 0.669. The van der Waals surface area contributed by atoms with Gasteiger partial charge in [0, 0.05) is 32.7 Å². The molecule has 0 amide bonds. The van der Waals surface area contributed by atoms with Crippen LogP contribution >= 0.6 is 0 Å². The molecule has 0 aliphatic rings. The predicted molar refractivity (Wildman–Crippen MR) is 184 cm³/mol. The molecule has 2 aromatic heterocycles. The first kappa shape index (κ1) is 24.7. The van der Waals surface area contributed by atoms with E-state index >= 15 is 0 Å². The minimum atomic E-state index is 0.914. The van der Waals surface area contributed by atoms with Crippen LogP contribution in [0.1, 0.15) is 0 Å². The largest absolute Gasteiger partial charge is 0.456 e. The van der Waals surface area contributed by atoms with E-state index in [1.54, 1.807) is 0 Å². The molecule has 0 saturated heterocycles. The van der Waals surface area contributed by atoms with Gasteiger partial charge in [-0.15, -0.1) is 0 Å². The van der Waals surface area contributed by atoms with Crippen molar-refractivity contribution in [2.75, 3.05) is 0 Å². The molecule has 0 saturated carbocycles. The highest BCUT2D eigenvalue weighted by Crippen LogP contribution is 2.41. The summed E-state index contributed by atoms with van der Waals surface area (Å²) in [5, 5.41) is 4.80. The minimum Gasteiger partial charge on any atom is -0.456 e. The molecule has 0 radical (unpaired) electrons. The Morgan fingerprint density at radius 2 is 1.00 bits per heavy atom. The first-order valence-electron chi connectivity index (χ1n) is 15.0. The lowest BCUT2D eigenvalue weighted by atomic mass is 9.96. The van der Waals surface area contributed by atoms with Gasteiger partial charge in [0.25, 0.3) is 0 Å². The van der Waals surface area contributed by atoms with Crippen LogP contribution in [0.3, 0.4) is 0 Å². The number of furan rings is 1. The van der Waals surface area contributed by atoms with Crippen molar-refractivity contribution in [3.05, 3.63) is 164 Å². The van der Waals surface area contributed by atoms with Crippen molar-refractivity contribution in [2.24, 2.45) is 0 Å². The van der Waals surface area contributed by atoms with Gasteiger partial charge in [-0.1, -0.05) is 127 Å². The highest BCUT2D eigenvalue weighted by atomic mass is 16.3. The smallest absolute Gasteiger partial charge is 0.135 e. The molecule has 0 spiro atoms. The van der Waals surface area contributed by atoms with E-state index in [0.717, 1.165) is 27.6 Å². The van der Waals surface area contributed by atoms with Crippen LogP contribution in [0.15, 0.2) is 168 Å². The van der Waals surface area contributed by atoms with E-state index in [-0.39, 0.29) is 0 Å². The van der Waals surface area contributed by atoms with Crippen molar-refractivity contribution in [1.29, 1.82) is 0 Å². The van der Waals surface area contributed by atoms with Gasteiger partial charge in [-0.05, 0) is 58.7 Å². The number of para-hydroxylation sites is 4. The average Bonchev–Trinajstić information content (AvgIpc) is 3.64. The van der Waals surface area contributed by atoms with Gasteiger partial charge in [0.2, 0.25) is 0 Å². The van der Waals surface area contributed by atoms with E-state index in [1.807, 2.05) is 12.1 Å². The van der Waals surface area contributed by atoms with Crippen molar-refractivity contribution in [3.63, 3.8) is 0 Å². The van der Waals surface area contributed by atoms with Gasteiger partial charge in [-0.2, -0.15) is 0 Å². The van der Waals surface area contributed by atoms with E-state index in [1.165, 1.54) is 55.2 Å². The summed E-state index contributed by atoms with van der Waals surface area (Å²) in [7, 11) is 0. The Morgan fingerprint density at radius 1 is 0.364 bits per heavy atom. The highest BCUT2D eigenvalue weighted by Gasteiger charge is 2.19. The Balaban J connectivity index is 1.26. The van der Waals surface area contributed by atoms with Crippen LogP contribution in [-0.2, 0) is 0 Å². The Labute approximate surface area is 255 Å². The lowest BCUT2D eigenvalue weighted by Crippen LogP contribution is -1.98. The number of hydrogen-bond donors (Lipinski definition) is 0. The Morgan fingerprint density at radius 3 is 1.93 bits per heavy atom. The van der Waals surface area contributed by atoms with Crippen molar-refractivity contribution in [3.8, 4) is 39.1 Å². The molecule has 9 aromatic rings. The molecule has 0 fully saturated rings. The molecule has 2 heterocycles. The number of hydrogen-bond acceptors (Lipinski definition) is 1. The summed E-state index contributed by atoms with van der Waals surface area (Å²) >= 11 is 0. The molecular weight excluding hydrogens is 534 g/mol. The van der Waals surface area contributed by atoms with Crippen LogP contribution in [0.2, 0.25) is 0 Å². The fraction of sp³-hybridized carbons (Fsp3) is 0. The van der Waals surface area contributed by atoms with Gasteiger partial charge in [-0.25, -0.2) is 0 Å². The molecule has 44 heavy (non-hydrogen) atoms. The summed E-state index contributed by atoms with van der Waals surface area (Å²) in [6, 6.07) is 58.6. The van der Waals surface area contributed by atoms with Crippen LogP contribution in [0.5, 0.6) is 0 Å². The number of benzene rings is 7. The maximum absolute atomic E-state index is 6.10.